The molecular formula is C18H31NS. The Kier molecular flexibility index (Phi) is 7.09. The van der Waals surface area contributed by atoms with E-state index in [9.17, 15) is 0 Å². The number of rotatable bonds is 9. The molecule has 1 nitrogen and oxygen atoms in total. The van der Waals surface area contributed by atoms with Gasteiger partial charge in [0.05, 0.1) is 0 Å². The minimum Gasteiger partial charge on any atom is -0.309 e. The van der Waals surface area contributed by atoms with Crippen molar-refractivity contribution in [2.24, 2.45) is 0 Å². The summed E-state index contributed by atoms with van der Waals surface area (Å²) in [5, 5.41) is 3.71. The third kappa shape index (κ3) is 4.89. The van der Waals surface area contributed by atoms with Crippen LogP contribution in [0.15, 0.2) is 6.07 Å². The Morgan fingerprint density at radius 3 is 2.65 bits per heavy atom. The van der Waals surface area contributed by atoms with Gasteiger partial charge in [0, 0.05) is 15.8 Å². The summed E-state index contributed by atoms with van der Waals surface area (Å²) in [7, 11) is 0. The van der Waals surface area contributed by atoms with Crippen molar-refractivity contribution in [1.29, 1.82) is 0 Å². The first kappa shape index (κ1) is 16.0. The maximum Gasteiger partial charge on any atom is 0.0386 e. The predicted octanol–water partition coefficient (Wildman–Crippen LogP) is 5.64. The highest BCUT2D eigenvalue weighted by atomic mass is 32.1. The third-order valence-corrected chi connectivity index (χ3v) is 5.84. The number of aryl methyl sites for hydroxylation is 2. The normalized spacial score (nSPS) is 16.1. The van der Waals surface area contributed by atoms with Gasteiger partial charge in [-0.2, -0.15) is 0 Å². The summed E-state index contributed by atoms with van der Waals surface area (Å²) in [6.07, 6.45) is 13.7. The molecule has 0 saturated heterocycles. The summed E-state index contributed by atoms with van der Waals surface area (Å²) in [4.78, 5) is 3.22. The van der Waals surface area contributed by atoms with Crippen molar-refractivity contribution < 1.29 is 0 Å². The van der Waals surface area contributed by atoms with Crippen molar-refractivity contribution in [3.05, 3.63) is 21.4 Å². The molecule has 1 atom stereocenters. The fourth-order valence-electron chi connectivity index (χ4n) is 3.05. The SMILES string of the molecule is CCCCCCCCNC(C)c1cc2c(s1)CCCC2. The van der Waals surface area contributed by atoms with Crippen molar-refractivity contribution in [2.75, 3.05) is 6.54 Å². The highest BCUT2D eigenvalue weighted by Gasteiger charge is 2.16. The van der Waals surface area contributed by atoms with Crippen molar-refractivity contribution in [2.45, 2.75) is 84.1 Å². The molecule has 1 aliphatic carbocycles. The third-order valence-electron chi connectivity index (χ3n) is 4.42. The quantitative estimate of drug-likeness (QED) is 0.581. The lowest BCUT2D eigenvalue weighted by Crippen LogP contribution is -2.18. The molecule has 1 heterocycles. The smallest absolute Gasteiger partial charge is 0.0386 e. The lowest BCUT2D eigenvalue weighted by molar-refractivity contribution is 0.531. The van der Waals surface area contributed by atoms with Crippen LogP contribution < -0.4 is 5.32 Å². The largest absolute Gasteiger partial charge is 0.309 e. The molecule has 0 bridgehead atoms. The second-order valence-electron chi connectivity index (χ2n) is 6.25. The molecule has 0 spiro atoms. The highest BCUT2D eigenvalue weighted by molar-refractivity contribution is 7.12. The Morgan fingerprint density at radius 2 is 1.85 bits per heavy atom. The van der Waals surface area contributed by atoms with E-state index >= 15 is 0 Å². The van der Waals surface area contributed by atoms with Crippen molar-refractivity contribution in [1.82, 2.24) is 5.32 Å². The standard InChI is InChI=1S/C18H31NS/c1-3-4-5-6-7-10-13-19-15(2)18-14-16-11-8-9-12-17(16)20-18/h14-15,19H,3-13H2,1-2H3. The van der Waals surface area contributed by atoms with Gasteiger partial charge >= 0.3 is 0 Å². The van der Waals surface area contributed by atoms with Crippen LogP contribution >= 0.6 is 11.3 Å². The molecule has 1 N–H and O–H groups in total. The Bertz CT molecular complexity index is 359. The summed E-state index contributed by atoms with van der Waals surface area (Å²) >= 11 is 2.06. The van der Waals surface area contributed by atoms with Crippen LogP contribution in [0.25, 0.3) is 0 Å². The summed E-state index contributed by atoms with van der Waals surface area (Å²) in [6, 6.07) is 3.01. The number of fused-ring (bicyclic) bond motifs is 1. The van der Waals surface area contributed by atoms with E-state index in [0.717, 1.165) is 0 Å². The number of thiophene rings is 1. The van der Waals surface area contributed by atoms with Crippen molar-refractivity contribution in [3.63, 3.8) is 0 Å². The fraction of sp³-hybridized carbons (Fsp3) is 0.778. The van der Waals surface area contributed by atoms with Crippen LogP contribution in [-0.2, 0) is 12.8 Å². The maximum absolute atomic E-state index is 3.71. The van der Waals surface area contributed by atoms with Gasteiger partial charge < -0.3 is 5.32 Å². The van der Waals surface area contributed by atoms with E-state index < -0.39 is 0 Å². The molecule has 1 aliphatic rings. The Hall–Kier alpha value is -0.340. The molecule has 2 rings (SSSR count). The topological polar surface area (TPSA) is 12.0 Å². The number of hydrogen-bond donors (Lipinski definition) is 1. The first-order valence-electron chi connectivity index (χ1n) is 8.66. The average molecular weight is 294 g/mol. The van der Waals surface area contributed by atoms with Crippen LogP contribution in [0.3, 0.4) is 0 Å². The highest BCUT2D eigenvalue weighted by Crippen LogP contribution is 2.32. The molecule has 20 heavy (non-hydrogen) atoms. The van der Waals surface area contributed by atoms with E-state index in [1.807, 2.05) is 0 Å². The summed E-state index contributed by atoms with van der Waals surface area (Å²) < 4.78 is 0. The second kappa shape index (κ2) is 8.84. The van der Waals surface area contributed by atoms with Crippen molar-refractivity contribution >= 4 is 11.3 Å². The van der Waals surface area contributed by atoms with E-state index in [4.69, 9.17) is 0 Å². The van der Waals surface area contributed by atoms with E-state index in [1.54, 1.807) is 15.3 Å². The molecule has 114 valence electrons. The zero-order valence-corrected chi connectivity index (χ0v) is 14.2. The Labute approximate surface area is 129 Å². The van der Waals surface area contributed by atoms with Crippen LogP contribution in [0.4, 0.5) is 0 Å². The van der Waals surface area contributed by atoms with Gasteiger partial charge in [-0.05, 0) is 57.2 Å². The van der Waals surface area contributed by atoms with Crippen LogP contribution in [0.5, 0.6) is 0 Å². The minimum atomic E-state index is 0.543. The fourth-order valence-corrected chi connectivity index (χ4v) is 4.34. The molecule has 0 amide bonds. The van der Waals surface area contributed by atoms with Crippen LogP contribution in [-0.4, -0.2) is 6.54 Å². The Morgan fingerprint density at radius 1 is 1.10 bits per heavy atom. The first-order valence-corrected chi connectivity index (χ1v) is 9.47. The van der Waals surface area contributed by atoms with Crippen LogP contribution in [0, 0.1) is 0 Å². The number of nitrogens with one attached hydrogen (secondary N) is 1. The van der Waals surface area contributed by atoms with Gasteiger partial charge in [0.2, 0.25) is 0 Å². The summed E-state index contributed by atoms with van der Waals surface area (Å²) in [5.41, 5.74) is 1.64. The van der Waals surface area contributed by atoms with Gasteiger partial charge in [-0.1, -0.05) is 39.0 Å². The lowest BCUT2D eigenvalue weighted by atomic mass is 9.99. The van der Waals surface area contributed by atoms with Gasteiger partial charge in [-0.3, -0.25) is 0 Å². The maximum atomic E-state index is 3.71. The van der Waals surface area contributed by atoms with Crippen LogP contribution in [0.2, 0.25) is 0 Å². The summed E-state index contributed by atoms with van der Waals surface area (Å²) in [5.74, 6) is 0. The van der Waals surface area contributed by atoms with Crippen molar-refractivity contribution in [3.8, 4) is 0 Å². The molecular weight excluding hydrogens is 262 g/mol. The molecule has 1 aromatic rings. The van der Waals surface area contributed by atoms with E-state index in [-0.39, 0.29) is 0 Å². The monoisotopic (exact) mass is 293 g/mol. The predicted molar refractivity (Wildman–Crippen MR) is 90.8 cm³/mol. The molecule has 0 saturated carbocycles. The average Bonchev–Trinajstić information content (AvgIpc) is 2.90. The molecule has 1 aromatic heterocycles. The Balaban J connectivity index is 1.64. The molecule has 2 heteroatoms. The van der Waals surface area contributed by atoms with Gasteiger partial charge in [-0.15, -0.1) is 11.3 Å². The zero-order valence-electron chi connectivity index (χ0n) is 13.3. The first-order chi connectivity index (χ1) is 9.81. The molecule has 0 aromatic carbocycles. The molecule has 1 unspecified atom stereocenters. The van der Waals surface area contributed by atoms with E-state index in [0.29, 0.717) is 6.04 Å². The zero-order chi connectivity index (χ0) is 14.2. The van der Waals surface area contributed by atoms with E-state index in [1.165, 1.54) is 70.8 Å². The molecule has 0 fully saturated rings. The molecule has 0 aliphatic heterocycles. The van der Waals surface area contributed by atoms with Crippen LogP contribution in [0.1, 0.15) is 86.6 Å². The molecule has 0 radical (unpaired) electrons. The number of hydrogen-bond acceptors (Lipinski definition) is 2. The summed E-state index contributed by atoms with van der Waals surface area (Å²) in [6.45, 7) is 5.79. The number of unbranched alkanes of at least 4 members (excludes halogenated alkanes) is 5. The second-order valence-corrected chi connectivity index (χ2v) is 7.42. The van der Waals surface area contributed by atoms with Gasteiger partial charge in [0.25, 0.3) is 0 Å². The van der Waals surface area contributed by atoms with Gasteiger partial charge in [0.1, 0.15) is 0 Å². The lowest BCUT2D eigenvalue weighted by Gasteiger charge is -2.11. The van der Waals surface area contributed by atoms with Gasteiger partial charge in [-0.25, -0.2) is 0 Å². The van der Waals surface area contributed by atoms with Gasteiger partial charge in [0.15, 0.2) is 0 Å². The minimum absolute atomic E-state index is 0.543. The van der Waals surface area contributed by atoms with E-state index in [2.05, 4.69) is 36.6 Å².